The van der Waals surface area contributed by atoms with Crippen LogP contribution in [-0.4, -0.2) is 50.2 Å². The molecular formula is C23H35NO3Si. The second-order valence-corrected chi connectivity index (χ2v) is 15.9. The fourth-order valence-electron chi connectivity index (χ4n) is 6.37. The molecule has 0 unspecified atom stereocenters. The molecule has 5 rings (SSSR count). The Morgan fingerprint density at radius 1 is 1.25 bits per heavy atom. The zero-order chi connectivity index (χ0) is 20.1. The molecule has 4 nitrogen and oxygen atoms in total. The third-order valence-electron chi connectivity index (χ3n) is 8.79. The normalized spacial score (nSPS) is 36.8. The predicted octanol–water partition coefficient (Wildman–Crippen LogP) is 4.45. The van der Waals surface area contributed by atoms with E-state index >= 15 is 0 Å². The fraction of sp³-hybridized carbons (Fsp3) is 0.739. The molecule has 1 aromatic rings. The van der Waals surface area contributed by atoms with Crippen LogP contribution >= 0.6 is 0 Å². The Hall–Kier alpha value is -1.04. The van der Waals surface area contributed by atoms with E-state index < -0.39 is 8.32 Å². The van der Waals surface area contributed by atoms with Crippen LogP contribution in [0.2, 0.25) is 18.1 Å². The Morgan fingerprint density at radius 3 is 2.71 bits per heavy atom. The summed E-state index contributed by atoms with van der Waals surface area (Å²) in [5.41, 5.74) is 2.73. The molecule has 1 N–H and O–H groups in total. The van der Waals surface area contributed by atoms with E-state index in [1.807, 2.05) is 6.07 Å². The van der Waals surface area contributed by atoms with Crippen molar-refractivity contribution in [3.8, 4) is 11.5 Å². The molecule has 2 aliphatic carbocycles. The van der Waals surface area contributed by atoms with Crippen LogP contribution in [-0.2, 0) is 16.3 Å². The average Bonchev–Trinajstić information content (AvgIpc) is 2.96. The van der Waals surface area contributed by atoms with Gasteiger partial charge in [0, 0.05) is 17.0 Å². The maximum absolute atomic E-state index is 10.6. The molecule has 154 valence electrons. The van der Waals surface area contributed by atoms with Crippen LogP contribution in [0.5, 0.6) is 11.5 Å². The number of piperidine rings is 1. The highest BCUT2D eigenvalue weighted by Gasteiger charge is 2.66. The van der Waals surface area contributed by atoms with Crippen LogP contribution in [0, 0.1) is 5.92 Å². The molecule has 1 saturated carbocycles. The van der Waals surface area contributed by atoms with E-state index in [1.54, 1.807) is 0 Å². The van der Waals surface area contributed by atoms with Gasteiger partial charge in [-0.05, 0) is 75.0 Å². The summed E-state index contributed by atoms with van der Waals surface area (Å²) in [6, 6.07) is 4.56. The summed E-state index contributed by atoms with van der Waals surface area (Å²) in [7, 11) is 0.387. The van der Waals surface area contributed by atoms with Crippen LogP contribution in [0.1, 0.15) is 51.2 Å². The number of aromatic hydroxyl groups is 1. The first-order valence-electron chi connectivity index (χ1n) is 11.0. The van der Waals surface area contributed by atoms with E-state index in [1.165, 1.54) is 17.5 Å². The highest BCUT2D eigenvalue weighted by atomic mass is 28.4. The number of nitrogens with zero attached hydrogens (tertiary/aromatic N) is 1. The molecule has 5 heteroatoms. The number of ether oxygens (including phenoxy) is 1. The first kappa shape index (κ1) is 19.0. The van der Waals surface area contributed by atoms with Crippen molar-refractivity contribution >= 4 is 8.32 Å². The van der Waals surface area contributed by atoms with Crippen molar-refractivity contribution in [3.63, 3.8) is 0 Å². The molecule has 0 aromatic heterocycles. The Labute approximate surface area is 170 Å². The van der Waals surface area contributed by atoms with Crippen molar-refractivity contribution in [3.05, 3.63) is 23.3 Å². The Balaban J connectivity index is 1.61. The topological polar surface area (TPSA) is 41.9 Å². The lowest BCUT2D eigenvalue weighted by Crippen LogP contribution is -2.67. The van der Waals surface area contributed by atoms with Crippen molar-refractivity contribution < 1.29 is 14.3 Å². The molecule has 28 heavy (non-hydrogen) atoms. The summed E-state index contributed by atoms with van der Waals surface area (Å²) >= 11 is 0. The molecule has 1 aromatic carbocycles. The first-order valence-corrected chi connectivity index (χ1v) is 13.9. The van der Waals surface area contributed by atoms with Crippen LogP contribution in [0.3, 0.4) is 0 Å². The smallest absolute Gasteiger partial charge is 0.192 e. The molecule has 0 amide bonds. The lowest BCUT2D eigenvalue weighted by molar-refractivity contribution is -0.0948. The third kappa shape index (κ3) is 2.30. The average molecular weight is 402 g/mol. The van der Waals surface area contributed by atoms with Gasteiger partial charge in [-0.15, -0.1) is 0 Å². The Morgan fingerprint density at radius 2 is 2.00 bits per heavy atom. The summed E-state index contributed by atoms with van der Waals surface area (Å²) in [5, 5.41) is 10.8. The minimum Gasteiger partial charge on any atom is -0.504 e. The second-order valence-electron chi connectivity index (χ2n) is 11.1. The SMILES string of the molecule is CN1CC[C@@]23c4c5ccc(O)c4O[C@@H]2[C@@H](O[Si](C)(C)C(C)(C)C)CC[C@@H]3[C@H]1C5. The van der Waals surface area contributed by atoms with Gasteiger partial charge in [0.05, 0.1) is 6.10 Å². The fourth-order valence-corrected chi connectivity index (χ4v) is 7.72. The van der Waals surface area contributed by atoms with Crippen LogP contribution in [0.25, 0.3) is 0 Å². The summed E-state index contributed by atoms with van der Waals surface area (Å²) < 4.78 is 13.6. The summed E-state index contributed by atoms with van der Waals surface area (Å²) in [6.45, 7) is 12.7. The lowest BCUT2D eigenvalue weighted by atomic mass is 9.51. The molecule has 1 saturated heterocycles. The molecule has 1 spiro atoms. The van der Waals surface area contributed by atoms with Crippen LogP contribution in [0.4, 0.5) is 0 Å². The summed E-state index contributed by atoms with van der Waals surface area (Å²) in [4.78, 5) is 2.57. The van der Waals surface area contributed by atoms with Gasteiger partial charge in [-0.3, -0.25) is 0 Å². The minimum absolute atomic E-state index is 0.0180. The third-order valence-corrected chi connectivity index (χ3v) is 13.3. The number of likely N-dealkylation sites (tertiary alicyclic amines) is 1. The quantitative estimate of drug-likeness (QED) is 0.744. The standard InChI is InChI=1S/C23H35NO3Si/c1-22(2,3)28(5,6)27-18-10-8-15-16-13-14-7-9-17(25)20-19(14)23(15,21(18)26-20)11-12-24(16)4/h7,9,15-16,18,21,25H,8,10-13H2,1-6H3/t15-,16-,18+,21-,23-/m1/s1. The second kappa shape index (κ2) is 5.76. The zero-order valence-corrected chi connectivity index (χ0v) is 19.2. The van der Waals surface area contributed by atoms with Gasteiger partial charge in [0.25, 0.3) is 0 Å². The van der Waals surface area contributed by atoms with Crippen molar-refractivity contribution in [2.24, 2.45) is 5.92 Å². The van der Waals surface area contributed by atoms with Crippen molar-refractivity contribution in [2.75, 3.05) is 13.6 Å². The van der Waals surface area contributed by atoms with Gasteiger partial charge < -0.3 is 19.2 Å². The number of phenols is 1. The van der Waals surface area contributed by atoms with E-state index in [0.29, 0.717) is 17.7 Å². The van der Waals surface area contributed by atoms with Gasteiger partial charge in [-0.25, -0.2) is 0 Å². The highest BCUT2D eigenvalue weighted by molar-refractivity contribution is 6.74. The number of hydrogen-bond donors (Lipinski definition) is 1. The first-order chi connectivity index (χ1) is 13.1. The van der Waals surface area contributed by atoms with Gasteiger partial charge >= 0.3 is 0 Å². The molecule has 5 atom stereocenters. The van der Waals surface area contributed by atoms with E-state index in [2.05, 4.69) is 51.9 Å². The molecule has 2 fully saturated rings. The minimum atomic E-state index is -1.90. The van der Waals surface area contributed by atoms with Gasteiger partial charge in [-0.1, -0.05) is 26.8 Å². The van der Waals surface area contributed by atoms with Crippen LogP contribution < -0.4 is 4.74 Å². The number of likely N-dealkylation sites (N-methyl/N-ethyl adjacent to an activating group) is 1. The lowest BCUT2D eigenvalue weighted by Gasteiger charge is -2.59. The van der Waals surface area contributed by atoms with Gasteiger partial charge in [-0.2, -0.15) is 0 Å². The van der Waals surface area contributed by atoms with Crippen molar-refractivity contribution in [1.82, 2.24) is 4.90 Å². The number of phenolic OH excluding ortho intramolecular Hbond substituents is 1. The van der Waals surface area contributed by atoms with Crippen LogP contribution in [0.15, 0.2) is 12.1 Å². The molecule has 2 heterocycles. The maximum atomic E-state index is 10.6. The maximum Gasteiger partial charge on any atom is 0.192 e. The van der Waals surface area contributed by atoms with E-state index in [0.717, 1.165) is 31.6 Å². The number of rotatable bonds is 2. The monoisotopic (exact) mass is 401 g/mol. The summed E-state index contributed by atoms with van der Waals surface area (Å²) in [5.74, 6) is 1.68. The molecule has 2 bridgehead atoms. The van der Waals surface area contributed by atoms with E-state index in [9.17, 15) is 5.11 Å². The highest BCUT2D eigenvalue weighted by Crippen LogP contribution is 2.64. The van der Waals surface area contributed by atoms with E-state index in [-0.39, 0.29) is 22.7 Å². The Kier molecular flexibility index (Phi) is 3.90. The van der Waals surface area contributed by atoms with Gasteiger partial charge in [0.2, 0.25) is 0 Å². The molecule has 0 radical (unpaired) electrons. The number of hydrogen-bond acceptors (Lipinski definition) is 4. The largest absolute Gasteiger partial charge is 0.504 e. The molecule has 2 aliphatic heterocycles. The van der Waals surface area contributed by atoms with E-state index in [4.69, 9.17) is 9.16 Å². The predicted molar refractivity (Wildman–Crippen MR) is 114 cm³/mol. The molecule has 4 aliphatic rings. The molecular weight excluding hydrogens is 366 g/mol. The van der Waals surface area contributed by atoms with Crippen molar-refractivity contribution in [1.29, 1.82) is 0 Å². The zero-order valence-electron chi connectivity index (χ0n) is 18.2. The van der Waals surface area contributed by atoms with Gasteiger partial charge in [0.15, 0.2) is 19.8 Å². The number of benzene rings is 1. The summed E-state index contributed by atoms with van der Waals surface area (Å²) in [6.07, 6.45) is 4.62. The van der Waals surface area contributed by atoms with Gasteiger partial charge in [0.1, 0.15) is 6.10 Å². The van der Waals surface area contributed by atoms with Crippen molar-refractivity contribution in [2.45, 2.75) is 88.3 Å². The Bertz CT molecular complexity index is 817.